The molecular formula is C14H17NO3S. The number of carbonyl (C=O) groups excluding carboxylic acids is 1. The summed E-state index contributed by atoms with van der Waals surface area (Å²) >= 11 is 1.13. The number of hydrogen-bond donors (Lipinski definition) is 2. The summed E-state index contributed by atoms with van der Waals surface area (Å²) in [7, 11) is 0. The molecule has 0 spiro atoms. The highest BCUT2D eigenvalue weighted by Crippen LogP contribution is 2.22. The van der Waals surface area contributed by atoms with Gasteiger partial charge in [0.05, 0.1) is 17.7 Å². The fourth-order valence-corrected chi connectivity index (χ4v) is 2.35. The predicted molar refractivity (Wildman–Crippen MR) is 74.6 cm³/mol. The van der Waals surface area contributed by atoms with Gasteiger partial charge in [-0.1, -0.05) is 23.9 Å². The zero-order chi connectivity index (χ0) is 14.4. The Morgan fingerprint density at radius 1 is 1.47 bits per heavy atom. The number of nitrogens with zero attached hydrogens (tertiary/aromatic N) is 1. The predicted octanol–water partition coefficient (Wildman–Crippen LogP) is 1.93. The van der Waals surface area contributed by atoms with Crippen LogP contribution in [-0.4, -0.2) is 27.2 Å². The van der Waals surface area contributed by atoms with Crippen molar-refractivity contribution in [2.75, 3.05) is 5.75 Å². The van der Waals surface area contributed by atoms with Gasteiger partial charge in [0.25, 0.3) is 0 Å². The molecule has 0 fully saturated rings. The number of hydrogen-bond acceptors (Lipinski definition) is 5. The van der Waals surface area contributed by atoms with Crippen molar-refractivity contribution in [3.8, 4) is 6.07 Å². The van der Waals surface area contributed by atoms with E-state index in [-0.39, 0.29) is 5.12 Å². The third kappa shape index (κ3) is 4.67. The summed E-state index contributed by atoms with van der Waals surface area (Å²) in [4.78, 5) is 10.8. The molecule has 0 heterocycles. The number of aliphatic hydroxyl groups excluding tert-OH is 2. The average Bonchev–Trinajstić information content (AvgIpc) is 2.37. The highest BCUT2D eigenvalue weighted by molar-refractivity contribution is 8.13. The number of nitriles is 1. The van der Waals surface area contributed by atoms with Gasteiger partial charge in [0.15, 0.2) is 5.12 Å². The van der Waals surface area contributed by atoms with E-state index in [4.69, 9.17) is 5.26 Å². The molecule has 2 unspecified atom stereocenters. The molecule has 19 heavy (non-hydrogen) atoms. The molecular weight excluding hydrogens is 262 g/mol. The molecule has 2 N–H and O–H groups in total. The van der Waals surface area contributed by atoms with Crippen LogP contribution in [0.2, 0.25) is 0 Å². The van der Waals surface area contributed by atoms with Crippen LogP contribution in [0, 0.1) is 18.3 Å². The van der Waals surface area contributed by atoms with Crippen molar-refractivity contribution in [1.29, 1.82) is 5.26 Å². The van der Waals surface area contributed by atoms with Crippen LogP contribution in [0.3, 0.4) is 0 Å². The molecule has 1 aromatic carbocycles. The fourth-order valence-electron chi connectivity index (χ4n) is 1.70. The summed E-state index contributed by atoms with van der Waals surface area (Å²) in [5.74, 6) is 0.475. The molecule has 0 aliphatic carbocycles. The number of thioether (sulfide) groups is 1. The van der Waals surface area contributed by atoms with E-state index in [2.05, 4.69) is 6.07 Å². The second-order valence-corrected chi connectivity index (χ2v) is 5.60. The highest BCUT2D eigenvalue weighted by Gasteiger charge is 2.19. The van der Waals surface area contributed by atoms with Crippen LogP contribution in [0.25, 0.3) is 0 Å². The van der Waals surface area contributed by atoms with E-state index >= 15 is 0 Å². The third-order valence-electron chi connectivity index (χ3n) is 2.80. The minimum absolute atomic E-state index is 0.00379. The van der Waals surface area contributed by atoms with E-state index in [0.29, 0.717) is 23.3 Å². The Labute approximate surface area is 117 Å². The Balaban J connectivity index is 2.66. The fraction of sp³-hybridized carbons (Fsp3) is 0.429. The molecule has 0 aliphatic heterocycles. The maximum Gasteiger partial charge on any atom is 0.185 e. The second-order valence-electron chi connectivity index (χ2n) is 4.33. The van der Waals surface area contributed by atoms with Gasteiger partial charge in [-0.2, -0.15) is 5.26 Å². The first-order valence-electron chi connectivity index (χ1n) is 5.96. The van der Waals surface area contributed by atoms with E-state index < -0.39 is 12.2 Å². The van der Waals surface area contributed by atoms with Gasteiger partial charge >= 0.3 is 0 Å². The molecule has 2 atom stereocenters. The Kier molecular flexibility index (Phi) is 6.03. The number of rotatable bonds is 5. The van der Waals surface area contributed by atoms with E-state index in [1.54, 1.807) is 25.1 Å². The summed E-state index contributed by atoms with van der Waals surface area (Å²) in [6.45, 7) is 3.25. The molecule has 1 rings (SSSR count). The minimum atomic E-state index is -1.00. The van der Waals surface area contributed by atoms with Crippen LogP contribution in [0.15, 0.2) is 18.2 Å². The lowest BCUT2D eigenvalue weighted by Crippen LogP contribution is -2.19. The zero-order valence-electron chi connectivity index (χ0n) is 11.0. The normalized spacial score (nSPS) is 13.6. The van der Waals surface area contributed by atoms with Crippen molar-refractivity contribution in [3.63, 3.8) is 0 Å². The van der Waals surface area contributed by atoms with Crippen molar-refractivity contribution in [3.05, 3.63) is 34.9 Å². The summed E-state index contributed by atoms with van der Waals surface area (Å²) < 4.78 is 0. The molecule has 0 saturated heterocycles. The maximum atomic E-state index is 10.8. The second kappa shape index (κ2) is 7.29. The molecule has 0 saturated carbocycles. The molecule has 0 aromatic heterocycles. The molecule has 0 amide bonds. The average molecular weight is 279 g/mol. The third-order valence-corrected chi connectivity index (χ3v) is 3.64. The van der Waals surface area contributed by atoms with Gasteiger partial charge in [0, 0.05) is 12.7 Å². The van der Waals surface area contributed by atoms with Crippen molar-refractivity contribution >= 4 is 16.9 Å². The zero-order valence-corrected chi connectivity index (χ0v) is 11.8. The smallest absolute Gasteiger partial charge is 0.185 e. The SMILES string of the molecule is CC(=O)SCCC(O)C(O)c1ccc(C#N)c(C)c1. The molecule has 1 aromatic rings. The molecule has 5 heteroatoms. The largest absolute Gasteiger partial charge is 0.390 e. The monoisotopic (exact) mass is 279 g/mol. The number of aliphatic hydroxyl groups is 2. The van der Waals surface area contributed by atoms with Gasteiger partial charge in [-0.25, -0.2) is 0 Å². The Morgan fingerprint density at radius 2 is 2.16 bits per heavy atom. The summed E-state index contributed by atoms with van der Waals surface area (Å²) in [5, 5.41) is 28.7. The van der Waals surface area contributed by atoms with Gasteiger partial charge < -0.3 is 10.2 Å². The molecule has 102 valence electrons. The van der Waals surface area contributed by atoms with Crippen molar-refractivity contribution in [2.24, 2.45) is 0 Å². The van der Waals surface area contributed by atoms with Crippen molar-refractivity contribution in [2.45, 2.75) is 32.5 Å². The van der Waals surface area contributed by atoms with Gasteiger partial charge in [0.2, 0.25) is 0 Å². The molecule has 0 radical (unpaired) electrons. The van der Waals surface area contributed by atoms with Gasteiger partial charge in [0.1, 0.15) is 6.10 Å². The van der Waals surface area contributed by atoms with Crippen molar-refractivity contribution < 1.29 is 15.0 Å². The van der Waals surface area contributed by atoms with E-state index in [1.807, 2.05) is 0 Å². The van der Waals surface area contributed by atoms with Crippen molar-refractivity contribution in [1.82, 2.24) is 0 Å². The maximum absolute atomic E-state index is 10.8. The lowest BCUT2D eigenvalue weighted by atomic mass is 9.98. The first-order valence-corrected chi connectivity index (χ1v) is 6.94. The lowest BCUT2D eigenvalue weighted by molar-refractivity contribution is -0.109. The van der Waals surface area contributed by atoms with Crippen LogP contribution < -0.4 is 0 Å². The summed E-state index contributed by atoms with van der Waals surface area (Å²) in [6.07, 6.45) is -1.58. The Bertz CT molecular complexity index is 496. The van der Waals surface area contributed by atoms with Gasteiger partial charge in [-0.15, -0.1) is 0 Å². The van der Waals surface area contributed by atoms with E-state index in [9.17, 15) is 15.0 Å². The minimum Gasteiger partial charge on any atom is -0.390 e. The van der Waals surface area contributed by atoms with Gasteiger partial charge in [-0.05, 0) is 30.5 Å². The summed E-state index contributed by atoms with van der Waals surface area (Å²) in [5.41, 5.74) is 1.90. The van der Waals surface area contributed by atoms with Crippen LogP contribution in [-0.2, 0) is 4.79 Å². The quantitative estimate of drug-likeness (QED) is 0.860. The van der Waals surface area contributed by atoms with Crippen LogP contribution in [0.1, 0.15) is 36.1 Å². The summed E-state index contributed by atoms with van der Waals surface area (Å²) in [6, 6.07) is 7.02. The molecule has 4 nitrogen and oxygen atoms in total. The van der Waals surface area contributed by atoms with E-state index in [1.165, 1.54) is 6.92 Å². The van der Waals surface area contributed by atoms with Gasteiger partial charge in [-0.3, -0.25) is 4.79 Å². The number of carbonyl (C=O) groups is 1. The Morgan fingerprint density at radius 3 is 2.68 bits per heavy atom. The number of aryl methyl sites for hydroxylation is 1. The van der Waals surface area contributed by atoms with Crippen LogP contribution in [0.5, 0.6) is 0 Å². The van der Waals surface area contributed by atoms with Crippen LogP contribution in [0.4, 0.5) is 0 Å². The molecule has 0 aliphatic rings. The first-order chi connectivity index (χ1) is 8.95. The first kappa shape index (κ1) is 15.7. The topological polar surface area (TPSA) is 81.3 Å². The number of benzene rings is 1. The Hall–Kier alpha value is -1.35. The lowest BCUT2D eigenvalue weighted by Gasteiger charge is -2.18. The van der Waals surface area contributed by atoms with E-state index in [0.717, 1.165) is 17.3 Å². The standard InChI is InChI=1S/C14H17NO3S/c1-9-7-11(3-4-12(9)8-15)14(18)13(17)5-6-19-10(2)16/h3-4,7,13-14,17-18H,5-6H2,1-2H3. The molecule has 0 bridgehead atoms. The highest BCUT2D eigenvalue weighted by atomic mass is 32.2. The van der Waals surface area contributed by atoms with Crippen LogP contribution >= 0.6 is 11.8 Å².